The van der Waals surface area contributed by atoms with E-state index < -0.39 is 0 Å². The molecule has 0 spiro atoms. The van der Waals surface area contributed by atoms with Crippen LogP contribution >= 0.6 is 0 Å². The van der Waals surface area contributed by atoms with Gasteiger partial charge in [-0.15, -0.1) is 10.2 Å². The summed E-state index contributed by atoms with van der Waals surface area (Å²) in [7, 11) is 1.97. The molecule has 1 fully saturated rings. The molecule has 1 aliphatic rings. The van der Waals surface area contributed by atoms with Gasteiger partial charge in [0.15, 0.2) is 11.8 Å². The molecule has 0 amide bonds. The number of aryl methyl sites for hydroxylation is 1. The van der Waals surface area contributed by atoms with Gasteiger partial charge in [0, 0.05) is 19.6 Å². The highest BCUT2D eigenvalue weighted by molar-refractivity contribution is 5.80. The van der Waals surface area contributed by atoms with Gasteiger partial charge in [-0.25, -0.2) is 4.99 Å². The Kier molecular flexibility index (Phi) is 7.70. The molecular weight excluding hydrogens is 352 g/mol. The number of para-hydroxylation sites is 1. The Morgan fingerprint density at radius 1 is 1.18 bits per heavy atom. The Morgan fingerprint density at radius 2 is 1.96 bits per heavy atom. The lowest BCUT2D eigenvalue weighted by molar-refractivity contribution is 0.311. The molecule has 1 aliphatic carbocycles. The lowest BCUT2D eigenvalue weighted by Gasteiger charge is -2.25. The van der Waals surface area contributed by atoms with Crippen molar-refractivity contribution in [3.63, 3.8) is 0 Å². The van der Waals surface area contributed by atoms with E-state index in [1.807, 2.05) is 48.9 Å². The van der Waals surface area contributed by atoms with Crippen LogP contribution in [0, 0.1) is 6.92 Å². The highest BCUT2D eigenvalue weighted by atomic mass is 16.5. The third-order valence-electron chi connectivity index (χ3n) is 5.13. The zero-order valence-electron chi connectivity index (χ0n) is 17.0. The SMILES string of the molecule is Cc1nnc(CN=C(NCCCOc2ccccc2)NC2CCCCC2)n1C. The van der Waals surface area contributed by atoms with Gasteiger partial charge in [0.2, 0.25) is 0 Å². The topological polar surface area (TPSA) is 76.4 Å². The molecule has 0 atom stereocenters. The number of nitrogens with zero attached hydrogens (tertiary/aromatic N) is 4. The average molecular weight is 385 g/mol. The molecule has 7 nitrogen and oxygen atoms in total. The van der Waals surface area contributed by atoms with Crippen LogP contribution in [0.3, 0.4) is 0 Å². The number of hydrogen-bond donors (Lipinski definition) is 2. The van der Waals surface area contributed by atoms with Crippen LogP contribution in [-0.2, 0) is 13.6 Å². The van der Waals surface area contributed by atoms with Crippen LogP contribution < -0.4 is 15.4 Å². The van der Waals surface area contributed by atoms with Gasteiger partial charge in [0.25, 0.3) is 0 Å². The number of nitrogens with one attached hydrogen (secondary N) is 2. The molecule has 1 aromatic carbocycles. The summed E-state index contributed by atoms with van der Waals surface area (Å²) in [5.41, 5.74) is 0. The summed E-state index contributed by atoms with van der Waals surface area (Å²) in [5, 5.41) is 15.4. The standard InChI is InChI=1S/C21H32N6O/c1-17-25-26-20(27(17)2)16-23-21(24-18-10-5-3-6-11-18)22-14-9-15-28-19-12-7-4-8-13-19/h4,7-8,12-13,18H,3,5-6,9-11,14-16H2,1-2H3,(H2,22,23,24). The minimum Gasteiger partial charge on any atom is -0.494 e. The number of guanidine groups is 1. The Hall–Kier alpha value is -2.57. The van der Waals surface area contributed by atoms with Crippen LogP contribution in [0.25, 0.3) is 0 Å². The van der Waals surface area contributed by atoms with Gasteiger partial charge in [-0.3, -0.25) is 0 Å². The van der Waals surface area contributed by atoms with Crippen molar-refractivity contribution in [1.82, 2.24) is 25.4 Å². The summed E-state index contributed by atoms with van der Waals surface area (Å²) in [4.78, 5) is 4.75. The Balaban J connectivity index is 1.49. The predicted molar refractivity (Wildman–Crippen MR) is 111 cm³/mol. The summed E-state index contributed by atoms with van der Waals surface area (Å²) in [6, 6.07) is 10.4. The van der Waals surface area contributed by atoms with Crippen molar-refractivity contribution >= 4 is 5.96 Å². The van der Waals surface area contributed by atoms with E-state index in [-0.39, 0.29) is 0 Å². The van der Waals surface area contributed by atoms with Gasteiger partial charge in [-0.1, -0.05) is 37.5 Å². The molecule has 1 saturated carbocycles. The van der Waals surface area contributed by atoms with Gasteiger partial charge in [0.05, 0.1) is 6.61 Å². The monoisotopic (exact) mass is 384 g/mol. The molecule has 1 aromatic heterocycles. The van der Waals surface area contributed by atoms with E-state index in [1.54, 1.807) is 0 Å². The maximum atomic E-state index is 5.76. The van der Waals surface area contributed by atoms with Crippen molar-refractivity contribution in [2.45, 2.75) is 58.0 Å². The number of aliphatic imine (C=N–C) groups is 1. The maximum Gasteiger partial charge on any atom is 0.191 e. The normalized spacial score (nSPS) is 15.4. The minimum atomic E-state index is 0.502. The summed E-state index contributed by atoms with van der Waals surface area (Å²) in [6.07, 6.45) is 7.24. The third-order valence-corrected chi connectivity index (χ3v) is 5.13. The largest absolute Gasteiger partial charge is 0.494 e. The summed E-state index contributed by atoms with van der Waals surface area (Å²) >= 11 is 0. The number of aromatic nitrogens is 3. The van der Waals surface area contributed by atoms with Crippen LogP contribution in [0.1, 0.15) is 50.2 Å². The highest BCUT2D eigenvalue weighted by Gasteiger charge is 2.15. The molecule has 0 aliphatic heterocycles. The molecule has 28 heavy (non-hydrogen) atoms. The zero-order valence-corrected chi connectivity index (χ0v) is 17.0. The lowest BCUT2D eigenvalue weighted by atomic mass is 9.96. The molecule has 152 valence electrons. The molecule has 0 radical (unpaired) electrons. The van der Waals surface area contributed by atoms with E-state index in [1.165, 1.54) is 32.1 Å². The first-order valence-corrected chi connectivity index (χ1v) is 10.3. The first kappa shape index (κ1) is 20.2. The summed E-state index contributed by atoms with van der Waals surface area (Å²) < 4.78 is 7.75. The van der Waals surface area contributed by atoms with Crippen LogP contribution in [-0.4, -0.2) is 39.9 Å². The zero-order chi connectivity index (χ0) is 19.6. The van der Waals surface area contributed by atoms with Crippen LogP contribution in [0.4, 0.5) is 0 Å². The van der Waals surface area contributed by atoms with Crippen molar-refractivity contribution in [1.29, 1.82) is 0 Å². The number of ether oxygens (including phenoxy) is 1. The van der Waals surface area contributed by atoms with Crippen molar-refractivity contribution in [2.75, 3.05) is 13.2 Å². The van der Waals surface area contributed by atoms with E-state index in [4.69, 9.17) is 9.73 Å². The molecule has 2 N–H and O–H groups in total. The van der Waals surface area contributed by atoms with Gasteiger partial charge in [0.1, 0.15) is 18.1 Å². The maximum absolute atomic E-state index is 5.76. The van der Waals surface area contributed by atoms with Gasteiger partial charge in [-0.05, 0) is 38.3 Å². The number of benzene rings is 1. The summed E-state index contributed by atoms with van der Waals surface area (Å²) in [5.74, 6) is 3.54. The number of rotatable bonds is 8. The first-order valence-electron chi connectivity index (χ1n) is 10.3. The fourth-order valence-corrected chi connectivity index (χ4v) is 3.32. The average Bonchev–Trinajstić information content (AvgIpc) is 3.05. The molecule has 2 aromatic rings. The van der Waals surface area contributed by atoms with Gasteiger partial charge in [-0.2, -0.15) is 0 Å². The molecule has 0 saturated heterocycles. The van der Waals surface area contributed by atoms with E-state index in [0.717, 1.165) is 36.3 Å². The van der Waals surface area contributed by atoms with Crippen molar-refractivity contribution in [2.24, 2.45) is 12.0 Å². The summed E-state index contributed by atoms with van der Waals surface area (Å²) in [6.45, 7) is 3.95. The van der Waals surface area contributed by atoms with E-state index >= 15 is 0 Å². The fourth-order valence-electron chi connectivity index (χ4n) is 3.32. The van der Waals surface area contributed by atoms with E-state index in [2.05, 4.69) is 20.8 Å². The van der Waals surface area contributed by atoms with Crippen molar-refractivity contribution in [3.8, 4) is 5.75 Å². The van der Waals surface area contributed by atoms with Crippen LogP contribution in [0.5, 0.6) is 5.75 Å². The van der Waals surface area contributed by atoms with Crippen molar-refractivity contribution < 1.29 is 4.74 Å². The smallest absolute Gasteiger partial charge is 0.191 e. The number of hydrogen-bond acceptors (Lipinski definition) is 4. The molecule has 3 rings (SSSR count). The molecular formula is C21H32N6O. The van der Waals surface area contributed by atoms with Crippen LogP contribution in [0.2, 0.25) is 0 Å². The molecule has 7 heteroatoms. The Morgan fingerprint density at radius 3 is 2.68 bits per heavy atom. The lowest BCUT2D eigenvalue weighted by Crippen LogP contribution is -2.44. The minimum absolute atomic E-state index is 0.502. The van der Waals surface area contributed by atoms with Crippen molar-refractivity contribution in [3.05, 3.63) is 42.0 Å². The predicted octanol–water partition coefficient (Wildman–Crippen LogP) is 2.96. The second-order valence-electron chi connectivity index (χ2n) is 7.31. The second kappa shape index (κ2) is 10.7. The quantitative estimate of drug-likeness (QED) is 0.416. The van der Waals surface area contributed by atoms with Gasteiger partial charge < -0.3 is 19.9 Å². The first-order chi connectivity index (χ1) is 13.7. The molecule has 0 bridgehead atoms. The molecule has 1 heterocycles. The Labute approximate surface area is 167 Å². The molecule has 0 unspecified atom stereocenters. The van der Waals surface area contributed by atoms with E-state index in [9.17, 15) is 0 Å². The van der Waals surface area contributed by atoms with Gasteiger partial charge >= 0.3 is 0 Å². The fraction of sp³-hybridized carbons (Fsp3) is 0.571. The van der Waals surface area contributed by atoms with E-state index in [0.29, 0.717) is 19.2 Å². The second-order valence-corrected chi connectivity index (χ2v) is 7.31. The van der Waals surface area contributed by atoms with Crippen LogP contribution in [0.15, 0.2) is 35.3 Å². The Bertz CT molecular complexity index is 737. The third kappa shape index (κ3) is 6.25. The highest BCUT2D eigenvalue weighted by Crippen LogP contribution is 2.17.